The number of nitrogens with zero attached hydrogens (tertiary/aromatic N) is 1. The number of rotatable bonds is 8. The van der Waals surface area contributed by atoms with Gasteiger partial charge in [-0.05, 0) is 55.5 Å². The van der Waals surface area contributed by atoms with Crippen molar-refractivity contribution in [1.82, 2.24) is 10.2 Å². The fourth-order valence-corrected chi connectivity index (χ4v) is 6.81. The third-order valence-corrected chi connectivity index (χ3v) is 8.73. The fraction of sp³-hybridized carbons (Fsp3) is 0.483. The maximum absolute atomic E-state index is 14.2. The lowest BCUT2D eigenvalue weighted by Gasteiger charge is -2.38. The second kappa shape index (κ2) is 9.98. The van der Waals surface area contributed by atoms with Gasteiger partial charge in [0, 0.05) is 17.3 Å². The summed E-state index contributed by atoms with van der Waals surface area (Å²) in [6, 6.07) is 14.7. The number of benzene rings is 2. The van der Waals surface area contributed by atoms with E-state index in [1.165, 1.54) is 4.90 Å². The van der Waals surface area contributed by atoms with Crippen molar-refractivity contribution in [3.05, 3.63) is 65.2 Å². The molecule has 2 aromatic rings. The van der Waals surface area contributed by atoms with Gasteiger partial charge in [0.2, 0.25) is 17.7 Å². The van der Waals surface area contributed by atoms with Gasteiger partial charge in [0.05, 0.1) is 30.1 Å². The predicted molar refractivity (Wildman–Crippen MR) is 143 cm³/mol. The largest absolute Gasteiger partial charge is 0.394 e. The number of aliphatic hydroxyl groups is 1. The molecule has 0 aromatic heterocycles. The van der Waals surface area contributed by atoms with Crippen molar-refractivity contribution in [2.45, 2.75) is 63.4 Å². The molecule has 3 aliphatic heterocycles. The van der Waals surface area contributed by atoms with Gasteiger partial charge in [-0.1, -0.05) is 55.8 Å². The van der Waals surface area contributed by atoms with E-state index in [2.05, 4.69) is 10.6 Å². The van der Waals surface area contributed by atoms with Crippen molar-refractivity contribution in [2.75, 3.05) is 11.9 Å². The van der Waals surface area contributed by atoms with Gasteiger partial charge in [0.25, 0.3) is 0 Å². The molecular formula is C29H34ClN3O5. The smallest absolute Gasteiger partial charge is 0.250 e. The molecular weight excluding hydrogens is 506 g/mol. The minimum Gasteiger partial charge on any atom is -0.394 e. The summed E-state index contributed by atoms with van der Waals surface area (Å²) in [6.07, 6.45) is 1.01. The summed E-state index contributed by atoms with van der Waals surface area (Å²) < 4.78 is 6.64. The van der Waals surface area contributed by atoms with E-state index in [0.717, 1.165) is 5.56 Å². The number of nitrogens with one attached hydrogen (secondary N) is 2. The van der Waals surface area contributed by atoms with Gasteiger partial charge in [-0.25, -0.2) is 0 Å². The number of aliphatic hydroxyl groups excluding tert-OH is 1. The first kappa shape index (κ1) is 26.7. The van der Waals surface area contributed by atoms with Crippen LogP contribution in [0.25, 0.3) is 0 Å². The Morgan fingerprint density at radius 1 is 1.11 bits per heavy atom. The molecule has 1 spiro atoms. The van der Waals surface area contributed by atoms with Crippen LogP contribution in [-0.4, -0.2) is 57.6 Å². The molecule has 2 unspecified atom stereocenters. The number of amides is 3. The van der Waals surface area contributed by atoms with E-state index in [4.69, 9.17) is 16.3 Å². The number of fused-ring (bicyclic) bond motifs is 1. The van der Waals surface area contributed by atoms with E-state index in [1.807, 2.05) is 51.1 Å². The third-order valence-electron chi connectivity index (χ3n) is 8.48. The Morgan fingerprint density at radius 2 is 1.79 bits per heavy atom. The van der Waals surface area contributed by atoms with E-state index in [0.29, 0.717) is 30.1 Å². The summed E-state index contributed by atoms with van der Waals surface area (Å²) in [5.74, 6) is -2.70. The molecule has 3 fully saturated rings. The van der Waals surface area contributed by atoms with Gasteiger partial charge in [-0.2, -0.15) is 0 Å². The number of carbonyl (C=O) groups excluding carboxylic acids is 3. The Bertz CT molecular complexity index is 1220. The lowest BCUT2D eigenvalue weighted by molar-refractivity contribution is -0.149. The number of hydrogen-bond acceptors (Lipinski definition) is 5. The van der Waals surface area contributed by atoms with Crippen LogP contribution in [0, 0.1) is 17.8 Å². The first-order chi connectivity index (χ1) is 18.1. The summed E-state index contributed by atoms with van der Waals surface area (Å²) >= 11 is 6.01. The maximum atomic E-state index is 14.2. The molecule has 0 saturated carbocycles. The topological polar surface area (TPSA) is 108 Å². The Hall–Kier alpha value is -2.94. The van der Waals surface area contributed by atoms with Crippen LogP contribution in [-0.2, 0) is 25.7 Å². The van der Waals surface area contributed by atoms with Crippen LogP contribution in [0.3, 0.4) is 0 Å². The monoisotopic (exact) mass is 539 g/mol. The molecule has 3 aliphatic rings. The summed E-state index contributed by atoms with van der Waals surface area (Å²) in [5, 5.41) is 16.8. The van der Waals surface area contributed by atoms with Crippen LogP contribution in [0.2, 0.25) is 5.02 Å². The molecule has 3 heterocycles. The second-order valence-corrected chi connectivity index (χ2v) is 11.6. The zero-order valence-electron chi connectivity index (χ0n) is 21.8. The summed E-state index contributed by atoms with van der Waals surface area (Å²) in [5.41, 5.74) is -0.560. The molecule has 5 rings (SSSR count). The zero-order chi connectivity index (χ0) is 27.2. The van der Waals surface area contributed by atoms with Crippen molar-refractivity contribution in [2.24, 2.45) is 17.8 Å². The number of halogens is 1. The van der Waals surface area contributed by atoms with E-state index < -0.39 is 41.0 Å². The molecule has 38 heavy (non-hydrogen) atoms. The molecule has 202 valence electrons. The van der Waals surface area contributed by atoms with Crippen molar-refractivity contribution in [3.8, 4) is 0 Å². The molecule has 3 saturated heterocycles. The summed E-state index contributed by atoms with van der Waals surface area (Å²) in [4.78, 5) is 43.2. The van der Waals surface area contributed by atoms with Crippen molar-refractivity contribution >= 4 is 35.0 Å². The van der Waals surface area contributed by atoms with Crippen LogP contribution < -0.4 is 10.6 Å². The number of ether oxygens (including phenoxy) is 1. The molecule has 3 amide bonds. The van der Waals surface area contributed by atoms with Crippen LogP contribution in [0.1, 0.15) is 39.2 Å². The second-order valence-electron chi connectivity index (χ2n) is 11.2. The first-order valence-corrected chi connectivity index (χ1v) is 13.5. The number of carbonyl (C=O) groups is 3. The van der Waals surface area contributed by atoms with Crippen molar-refractivity contribution in [3.63, 3.8) is 0 Å². The van der Waals surface area contributed by atoms with Gasteiger partial charge in [-0.3, -0.25) is 14.4 Å². The Morgan fingerprint density at radius 3 is 2.42 bits per heavy atom. The van der Waals surface area contributed by atoms with E-state index in [9.17, 15) is 19.5 Å². The summed E-state index contributed by atoms with van der Waals surface area (Å²) in [7, 11) is 0. The van der Waals surface area contributed by atoms with Gasteiger partial charge < -0.3 is 25.4 Å². The predicted octanol–water partition coefficient (Wildman–Crippen LogP) is 3.38. The fourth-order valence-electron chi connectivity index (χ4n) is 6.68. The van der Waals surface area contributed by atoms with Gasteiger partial charge in [0.1, 0.15) is 11.6 Å². The van der Waals surface area contributed by atoms with E-state index in [1.54, 1.807) is 24.3 Å². The third kappa shape index (κ3) is 4.28. The highest BCUT2D eigenvalue weighted by molar-refractivity contribution is 6.30. The normalized spacial score (nSPS) is 30.4. The minimum atomic E-state index is -1.17. The Labute approximate surface area is 227 Å². The summed E-state index contributed by atoms with van der Waals surface area (Å²) in [6.45, 7) is 5.69. The first-order valence-electron chi connectivity index (χ1n) is 13.1. The van der Waals surface area contributed by atoms with Gasteiger partial charge >= 0.3 is 0 Å². The standard InChI is InChI=1S/C29H34ClN3O5/c1-17(2)21(16-34)33-24(26(36)32-20-11-9-19(30)10-12-20)29-14-13-28(3,38-29)22(23(29)27(33)37)25(35)31-15-18-7-5-4-6-8-18/h4-12,17,21-24,34H,13-16H2,1-3H3,(H,31,35)(H,32,36)/t21-,22+,23-,24?,28-,29?/m0/s1. The quantitative estimate of drug-likeness (QED) is 0.477. The molecule has 2 aromatic carbocycles. The lowest BCUT2D eigenvalue weighted by Crippen LogP contribution is -2.57. The highest BCUT2D eigenvalue weighted by Crippen LogP contribution is 2.63. The van der Waals surface area contributed by atoms with Crippen LogP contribution in [0.15, 0.2) is 54.6 Å². The lowest BCUT2D eigenvalue weighted by atomic mass is 9.66. The van der Waals surface area contributed by atoms with Crippen LogP contribution in [0.5, 0.6) is 0 Å². The molecule has 9 heteroatoms. The maximum Gasteiger partial charge on any atom is 0.250 e. The molecule has 8 nitrogen and oxygen atoms in total. The van der Waals surface area contributed by atoms with Crippen molar-refractivity contribution < 1.29 is 24.2 Å². The number of anilines is 1. The Kier molecular flexibility index (Phi) is 7.00. The molecule has 3 N–H and O–H groups in total. The SMILES string of the molecule is CC(C)[C@H](CO)N1C(=O)[C@@H]2[C@H](C(=O)NCc3ccccc3)[C@]3(C)CCC2(O3)C1C(=O)Nc1ccc(Cl)cc1. The average molecular weight is 540 g/mol. The van der Waals surface area contributed by atoms with E-state index in [-0.39, 0.29) is 24.3 Å². The van der Waals surface area contributed by atoms with Gasteiger partial charge in [0.15, 0.2) is 0 Å². The Balaban J connectivity index is 1.50. The molecule has 6 atom stereocenters. The van der Waals surface area contributed by atoms with E-state index >= 15 is 0 Å². The van der Waals surface area contributed by atoms with Crippen molar-refractivity contribution in [1.29, 1.82) is 0 Å². The molecule has 2 bridgehead atoms. The van der Waals surface area contributed by atoms with Gasteiger partial charge in [-0.15, -0.1) is 0 Å². The number of hydrogen-bond donors (Lipinski definition) is 3. The highest BCUT2D eigenvalue weighted by Gasteiger charge is 2.78. The number of likely N-dealkylation sites (tertiary alicyclic amines) is 1. The average Bonchev–Trinajstić information content (AvgIpc) is 3.46. The molecule has 0 aliphatic carbocycles. The van der Waals surface area contributed by atoms with Crippen LogP contribution in [0.4, 0.5) is 5.69 Å². The molecule has 0 radical (unpaired) electrons. The zero-order valence-corrected chi connectivity index (χ0v) is 22.6. The minimum absolute atomic E-state index is 0.122. The highest BCUT2D eigenvalue weighted by atomic mass is 35.5. The van der Waals surface area contributed by atoms with Crippen LogP contribution >= 0.6 is 11.6 Å².